The number of halogens is 1. The van der Waals surface area contributed by atoms with Gasteiger partial charge < -0.3 is 10.1 Å². The molecule has 0 radical (unpaired) electrons. The van der Waals surface area contributed by atoms with Crippen molar-refractivity contribution in [3.05, 3.63) is 0 Å². The van der Waals surface area contributed by atoms with Gasteiger partial charge in [0.25, 0.3) is 0 Å². The summed E-state index contributed by atoms with van der Waals surface area (Å²) in [6, 6.07) is 0. The van der Waals surface area contributed by atoms with Crippen LogP contribution in [0.3, 0.4) is 0 Å². The maximum atomic E-state index is 5.79. The Hall–Kier alpha value is 0.210. The van der Waals surface area contributed by atoms with Crippen LogP contribution in [-0.2, 0) is 4.74 Å². The van der Waals surface area contributed by atoms with Crippen LogP contribution in [0.5, 0.6) is 0 Å². The van der Waals surface area contributed by atoms with Gasteiger partial charge in [0, 0.05) is 13.1 Å². The average Bonchev–Trinajstić information content (AvgIpc) is 1.90. The summed E-state index contributed by atoms with van der Waals surface area (Å²) in [6.07, 6.45) is 0.209. The normalized spacial score (nSPS) is 32.0. The third-order valence-electron chi connectivity index (χ3n) is 1.47. The fourth-order valence-corrected chi connectivity index (χ4v) is 1.04. The topological polar surface area (TPSA) is 21.3 Å². The van der Waals surface area contributed by atoms with E-state index in [0.29, 0.717) is 0 Å². The van der Waals surface area contributed by atoms with E-state index in [1.54, 1.807) is 0 Å². The van der Waals surface area contributed by atoms with Crippen LogP contribution in [-0.4, -0.2) is 31.2 Å². The molecule has 2 atom stereocenters. The monoisotopic (exact) mass is 149 g/mol. The second kappa shape index (κ2) is 3.40. The van der Waals surface area contributed by atoms with Crippen molar-refractivity contribution in [2.45, 2.75) is 18.4 Å². The van der Waals surface area contributed by atoms with Crippen molar-refractivity contribution in [1.82, 2.24) is 5.32 Å². The van der Waals surface area contributed by atoms with Crippen molar-refractivity contribution in [3.8, 4) is 0 Å². The lowest BCUT2D eigenvalue weighted by atomic mass is 10.2. The summed E-state index contributed by atoms with van der Waals surface area (Å²) in [5, 5.41) is 3.33. The molecule has 0 aromatic rings. The Kier molecular flexibility index (Phi) is 2.76. The van der Waals surface area contributed by atoms with E-state index in [1.165, 1.54) is 0 Å². The molecule has 9 heavy (non-hydrogen) atoms. The zero-order valence-electron chi connectivity index (χ0n) is 5.56. The molecule has 0 aliphatic carbocycles. The van der Waals surface area contributed by atoms with E-state index in [1.807, 2.05) is 6.92 Å². The van der Waals surface area contributed by atoms with Gasteiger partial charge in [-0.25, -0.2) is 0 Å². The van der Waals surface area contributed by atoms with Crippen molar-refractivity contribution >= 4 is 11.6 Å². The van der Waals surface area contributed by atoms with Gasteiger partial charge in [0.1, 0.15) is 0 Å². The maximum Gasteiger partial charge on any atom is 0.0860 e. The Morgan fingerprint density at radius 1 is 1.78 bits per heavy atom. The minimum atomic E-state index is 0.123. The van der Waals surface area contributed by atoms with Crippen LogP contribution in [0.15, 0.2) is 0 Å². The number of alkyl halides is 1. The van der Waals surface area contributed by atoms with E-state index < -0.39 is 0 Å². The lowest BCUT2D eigenvalue weighted by molar-refractivity contribution is 0.0290. The van der Waals surface area contributed by atoms with Crippen LogP contribution in [0, 0.1) is 0 Å². The molecule has 1 N–H and O–H groups in total. The molecule has 0 amide bonds. The summed E-state index contributed by atoms with van der Waals surface area (Å²) in [6.45, 7) is 4.60. The molecule has 2 nitrogen and oxygen atoms in total. The zero-order chi connectivity index (χ0) is 6.69. The minimum absolute atomic E-state index is 0.123. The second-order valence-electron chi connectivity index (χ2n) is 2.29. The number of ether oxygens (including phenoxy) is 1. The fourth-order valence-electron chi connectivity index (χ4n) is 0.881. The number of nitrogens with one attached hydrogen (secondary N) is 1. The van der Waals surface area contributed by atoms with Gasteiger partial charge in [0.05, 0.1) is 18.1 Å². The number of morpholine rings is 1. The van der Waals surface area contributed by atoms with Crippen LogP contribution >= 0.6 is 11.6 Å². The van der Waals surface area contributed by atoms with E-state index in [4.69, 9.17) is 16.3 Å². The third-order valence-corrected chi connectivity index (χ3v) is 1.75. The SMILES string of the molecule is CC(Cl)C1CNCCO1. The highest BCUT2D eigenvalue weighted by atomic mass is 35.5. The van der Waals surface area contributed by atoms with E-state index in [9.17, 15) is 0 Å². The van der Waals surface area contributed by atoms with Crippen molar-refractivity contribution in [1.29, 1.82) is 0 Å². The molecule has 0 spiro atoms. The number of rotatable bonds is 1. The number of hydrogen-bond donors (Lipinski definition) is 1. The summed E-state index contributed by atoms with van der Waals surface area (Å²) in [7, 11) is 0. The van der Waals surface area contributed by atoms with Gasteiger partial charge in [-0.05, 0) is 6.92 Å². The van der Waals surface area contributed by atoms with Crippen LogP contribution in [0.1, 0.15) is 6.92 Å². The molecule has 54 valence electrons. The maximum absolute atomic E-state index is 5.79. The Morgan fingerprint density at radius 2 is 2.56 bits per heavy atom. The Balaban J connectivity index is 2.23. The van der Waals surface area contributed by atoms with Crippen LogP contribution in [0.4, 0.5) is 0 Å². The molecule has 0 aromatic carbocycles. The predicted octanol–water partition coefficient (Wildman–Crippen LogP) is 0.602. The van der Waals surface area contributed by atoms with Crippen molar-refractivity contribution in [2.24, 2.45) is 0 Å². The molecule has 0 saturated carbocycles. The van der Waals surface area contributed by atoms with Gasteiger partial charge in [0.15, 0.2) is 0 Å². The van der Waals surface area contributed by atoms with Crippen LogP contribution in [0.2, 0.25) is 0 Å². The van der Waals surface area contributed by atoms with Crippen molar-refractivity contribution in [3.63, 3.8) is 0 Å². The largest absolute Gasteiger partial charge is 0.374 e. The molecular weight excluding hydrogens is 138 g/mol. The smallest absolute Gasteiger partial charge is 0.0860 e. The van der Waals surface area contributed by atoms with Gasteiger partial charge in [-0.1, -0.05) is 0 Å². The average molecular weight is 150 g/mol. The highest BCUT2D eigenvalue weighted by Crippen LogP contribution is 2.06. The fraction of sp³-hybridized carbons (Fsp3) is 1.00. The van der Waals surface area contributed by atoms with Gasteiger partial charge >= 0.3 is 0 Å². The molecule has 1 saturated heterocycles. The summed E-state index contributed by atoms with van der Waals surface area (Å²) < 4.78 is 5.34. The Morgan fingerprint density at radius 3 is 2.89 bits per heavy atom. The molecule has 1 heterocycles. The van der Waals surface area contributed by atoms with Gasteiger partial charge in [-0.3, -0.25) is 0 Å². The van der Waals surface area contributed by atoms with E-state index in [2.05, 4.69) is 5.32 Å². The third kappa shape index (κ3) is 2.12. The predicted molar refractivity (Wildman–Crippen MR) is 37.9 cm³/mol. The first-order valence-corrected chi connectivity index (χ1v) is 3.71. The summed E-state index contributed by atoms with van der Waals surface area (Å²) in [5.74, 6) is 0. The van der Waals surface area contributed by atoms with Crippen LogP contribution < -0.4 is 5.32 Å². The minimum Gasteiger partial charge on any atom is -0.374 e. The van der Waals surface area contributed by atoms with Crippen molar-refractivity contribution in [2.75, 3.05) is 19.7 Å². The first kappa shape index (κ1) is 7.32. The van der Waals surface area contributed by atoms with E-state index in [-0.39, 0.29) is 11.5 Å². The lowest BCUT2D eigenvalue weighted by Gasteiger charge is -2.25. The molecule has 1 rings (SSSR count). The first-order chi connectivity index (χ1) is 4.30. The van der Waals surface area contributed by atoms with E-state index >= 15 is 0 Å². The molecule has 0 aromatic heterocycles. The van der Waals surface area contributed by atoms with Gasteiger partial charge in [-0.15, -0.1) is 11.6 Å². The second-order valence-corrected chi connectivity index (χ2v) is 2.98. The summed E-state index contributed by atoms with van der Waals surface area (Å²) in [4.78, 5) is 0. The first-order valence-electron chi connectivity index (χ1n) is 3.27. The standard InChI is InChI=1S/C6H12ClNO/c1-5(7)6-4-8-2-3-9-6/h5-6,8H,2-4H2,1H3. The molecule has 3 heteroatoms. The molecule has 1 aliphatic heterocycles. The highest BCUT2D eigenvalue weighted by Gasteiger charge is 2.17. The van der Waals surface area contributed by atoms with Crippen LogP contribution in [0.25, 0.3) is 0 Å². The number of hydrogen-bond acceptors (Lipinski definition) is 2. The molecule has 0 bridgehead atoms. The van der Waals surface area contributed by atoms with Gasteiger partial charge in [0.2, 0.25) is 0 Å². The van der Waals surface area contributed by atoms with Gasteiger partial charge in [-0.2, -0.15) is 0 Å². The zero-order valence-corrected chi connectivity index (χ0v) is 6.32. The van der Waals surface area contributed by atoms with Crippen molar-refractivity contribution < 1.29 is 4.74 Å². The summed E-state index contributed by atoms with van der Waals surface area (Å²) >= 11 is 5.79. The highest BCUT2D eigenvalue weighted by molar-refractivity contribution is 6.20. The molecular formula is C6H12ClNO. The Bertz CT molecular complexity index is 81.1. The Labute approximate surface area is 60.5 Å². The molecule has 2 unspecified atom stereocenters. The van der Waals surface area contributed by atoms with E-state index in [0.717, 1.165) is 19.7 Å². The lowest BCUT2D eigenvalue weighted by Crippen LogP contribution is -2.42. The summed E-state index contributed by atoms with van der Waals surface area (Å²) in [5.41, 5.74) is 0. The molecule has 1 fully saturated rings. The molecule has 1 aliphatic rings. The quantitative estimate of drug-likeness (QED) is 0.552.